The standard InChI is InChI=1S/C21H28N2O/c1-4-24-20-7-5-18(6-8-20)21(23-11-9-22-10-12-23)19-14-16(2)13-17(3)15-19/h5-8,13-15,21-22H,4,9-12H2,1-3H3. The molecule has 1 aliphatic heterocycles. The molecule has 0 aliphatic carbocycles. The number of ether oxygens (including phenoxy) is 1. The predicted molar refractivity (Wildman–Crippen MR) is 99.8 cm³/mol. The van der Waals surface area contributed by atoms with Crippen LogP contribution in [0.3, 0.4) is 0 Å². The fraction of sp³-hybridized carbons (Fsp3) is 0.429. The molecular formula is C21H28N2O. The summed E-state index contributed by atoms with van der Waals surface area (Å²) in [6.07, 6.45) is 0. The molecule has 0 amide bonds. The molecule has 24 heavy (non-hydrogen) atoms. The van der Waals surface area contributed by atoms with Crippen molar-refractivity contribution in [3.8, 4) is 5.75 Å². The van der Waals surface area contributed by atoms with Gasteiger partial charge in [-0.25, -0.2) is 0 Å². The second kappa shape index (κ2) is 7.82. The molecule has 0 bridgehead atoms. The molecule has 2 aromatic rings. The van der Waals surface area contributed by atoms with Crippen LogP contribution in [0, 0.1) is 13.8 Å². The molecule has 0 aromatic heterocycles. The van der Waals surface area contributed by atoms with E-state index in [-0.39, 0.29) is 0 Å². The maximum Gasteiger partial charge on any atom is 0.119 e. The van der Waals surface area contributed by atoms with Gasteiger partial charge in [-0.3, -0.25) is 4.90 Å². The summed E-state index contributed by atoms with van der Waals surface area (Å²) in [5.41, 5.74) is 5.39. The van der Waals surface area contributed by atoms with Gasteiger partial charge in [0.05, 0.1) is 12.6 Å². The predicted octanol–water partition coefficient (Wildman–Crippen LogP) is 3.70. The molecule has 128 valence electrons. The van der Waals surface area contributed by atoms with Crippen LogP contribution in [0.15, 0.2) is 42.5 Å². The van der Waals surface area contributed by atoms with Crippen LogP contribution in [0.5, 0.6) is 5.75 Å². The summed E-state index contributed by atoms with van der Waals surface area (Å²) in [6, 6.07) is 15.8. The van der Waals surface area contributed by atoms with Crippen molar-refractivity contribution in [3.05, 3.63) is 64.7 Å². The van der Waals surface area contributed by atoms with Gasteiger partial charge in [-0.05, 0) is 44.0 Å². The summed E-state index contributed by atoms with van der Waals surface area (Å²) in [7, 11) is 0. The van der Waals surface area contributed by atoms with E-state index in [9.17, 15) is 0 Å². The van der Waals surface area contributed by atoms with Crippen LogP contribution in [0.4, 0.5) is 0 Å². The lowest BCUT2D eigenvalue weighted by Crippen LogP contribution is -2.45. The highest BCUT2D eigenvalue weighted by Crippen LogP contribution is 2.31. The number of piperazine rings is 1. The lowest BCUT2D eigenvalue weighted by atomic mass is 9.93. The number of aryl methyl sites for hydroxylation is 2. The monoisotopic (exact) mass is 324 g/mol. The van der Waals surface area contributed by atoms with Gasteiger partial charge in [0.25, 0.3) is 0 Å². The molecule has 1 heterocycles. The molecule has 1 saturated heterocycles. The quantitative estimate of drug-likeness (QED) is 0.908. The summed E-state index contributed by atoms with van der Waals surface area (Å²) in [5.74, 6) is 0.945. The minimum absolute atomic E-state index is 0.307. The highest BCUT2D eigenvalue weighted by atomic mass is 16.5. The minimum Gasteiger partial charge on any atom is -0.494 e. The zero-order valence-electron chi connectivity index (χ0n) is 15.0. The first kappa shape index (κ1) is 17.0. The molecule has 0 spiro atoms. The van der Waals surface area contributed by atoms with Crippen molar-refractivity contribution < 1.29 is 4.74 Å². The second-order valence-electron chi connectivity index (χ2n) is 6.61. The number of nitrogens with one attached hydrogen (secondary N) is 1. The normalized spacial score (nSPS) is 16.8. The largest absolute Gasteiger partial charge is 0.494 e. The van der Waals surface area contributed by atoms with E-state index >= 15 is 0 Å². The number of benzene rings is 2. The van der Waals surface area contributed by atoms with Crippen LogP contribution in [0.25, 0.3) is 0 Å². The van der Waals surface area contributed by atoms with Gasteiger partial charge in [-0.1, -0.05) is 41.5 Å². The smallest absolute Gasteiger partial charge is 0.119 e. The zero-order chi connectivity index (χ0) is 16.9. The van der Waals surface area contributed by atoms with Gasteiger partial charge < -0.3 is 10.1 Å². The Bertz CT molecular complexity index is 640. The van der Waals surface area contributed by atoms with E-state index in [2.05, 4.69) is 66.5 Å². The third-order valence-corrected chi connectivity index (χ3v) is 4.58. The number of rotatable bonds is 5. The van der Waals surface area contributed by atoms with Crippen LogP contribution >= 0.6 is 0 Å². The topological polar surface area (TPSA) is 24.5 Å². The molecule has 3 rings (SSSR count). The number of nitrogens with zero attached hydrogens (tertiary/aromatic N) is 1. The summed E-state index contributed by atoms with van der Waals surface area (Å²) >= 11 is 0. The summed E-state index contributed by atoms with van der Waals surface area (Å²) in [6.45, 7) is 11.4. The lowest BCUT2D eigenvalue weighted by molar-refractivity contribution is 0.198. The minimum atomic E-state index is 0.307. The van der Waals surface area contributed by atoms with Gasteiger partial charge in [0.15, 0.2) is 0 Å². The van der Waals surface area contributed by atoms with Crippen molar-refractivity contribution >= 4 is 0 Å². The molecule has 1 aliphatic rings. The van der Waals surface area contributed by atoms with Crippen LogP contribution in [0.1, 0.15) is 35.2 Å². The Labute approximate surface area is 145 Å². The Morgan fingerprint density at radius 3 is 2.17 bits per heavy atom. The van der Waals surface area contributed by atoms with Crippen molar-refractivity contribution in [3.63, 3.8) is 0 Å². The van der Waals surface area contributed by atoms with E-state index in [0.29, 0.717) is 12.6 Å². The SMILES string of the molecule is CCOc1ccc(C(c2cc(C)cc(C)c2)N2CCNCC2)cc1. The Balaban J connectivity index is 1.97. The first-order chi connectivity index (χ1) is 11.7. The Hall–Kier alpha value is -1.84. The third-order valence-electron chi connectivity index (χ3n) is 4.58. The molecule has 1 unspecified atom stereocenters. The molecule has 1 N–H and O–H groups in total. The molecular weight excluding hydrogens is 296 g/mol. The summed E-state index contributed by atoms with van der Waals surface area (Å²) < 4.78 is 5.61. The fourth-order valence-corrected chi connectivity index (χ4v) is 3.64. The van der Waals surface area contributed by atoms with E-state index in [1.54, 1.807) is 0 Å². The number of hydrogen-bond acceptors (Lipinski definition) is 3. The van der Waals surface area contributed by atoms with E-state index in [1.807, 2.05) is 6.92 Å². The van der Waals surface area contributed by atoms with Crippen LogP contribution in [-0.4, -0.2) is 37.7 Å². The van der Waals surface area contributed by atoms with Crippen molar-refractivity contribution in [2.75, 3.05) is 32.8 Å². The van der Waals surface area contributed by atoms with E-state index in [1.165, 1.54) is 22.3 Å². The van der Waals surface area contributed by atoms with Crippen LogP contribution in [0.2, 0.25) is 0 Å². The maximum absolute atomic E-state index is 5.61. The van der Waals surface area contributed by atoms with Gasteiger partial charge in [0.2, 0.25) is 0 Å². The Morgan fingerprint density at radius 2 is 1.58 bits per heavy atom. The van der Waals surface area contributed by atoms with E-state index < -0.39 is 0 Å². The second-order valence-corrected chi connectivity index (χ2v) is 6.61. The fourth-order valence-electron chi connectivity index (χ4n) is 3.64. The van der Waals surface area contributed by atoms with Crippen molar-refractivity contribution in [1.82, 2.24) is 10.2 Å². The first-order valence-corrected chi connectivity index (χ1v) is 8.93. The Morgan fingerprint density at radius 1 is 0.958 bits per heavy atom. The van der Waals surface area contributed by atoms with Gasteiger partial charge in [-0.15, -0.1) is 0 Å². The van der Waals surface area contributed by atoms with Gasteiger partial charge in [-0.2, -0.15) is 0 Å². The molecule has 3 heteroatoms. The molecule has 1 fully saturated rings. The summed E-state index contributed by atoms with van der Waals surface area (Å²) in [4.78, 5) is 2.58. The zero-order valence-corrected chi connectivity index (χ0v) is 15.0. The third kappa shape index (κ3) is 3.97. The maximum atomic E-state index is 5.61. The van der Waals surface area contributed by atoms with Crippen molar-refractivity contribution in [1.29, 1.82) is 0 Å². The first-order valence-electron chi connectivity index (χ1n) is 8.93. The van der Waals surface area contributed by atoms with E-state index in [4.69, 9.17) is 4.74 Å². The van der Waals surface area contributed by atoms with Crippen LogP contribution in [-0.2, 0) is 0 Å². The summed E-state index contributed by atoms with van der Waals surface area (Å²) in [5, 5.41) is 3.46. The molecule has 0 saturated carbocycles. The number of hydrogen-bond donors (Lipinski definition) is 1. The molecule has 3 nitrogen and oxygen atoms in total. The highest BCUT2D eigenvalue weighted by Gasteiger charge is 2.24. The van der Waals surface area contributed by atoms with Gasteiger partial charge >= 0.3 is 0 Å². The van der Waals surface area contributed by atoms with E-state index in [0.717, 1.165) is 31.9 Å². The van der Waals surface area contributed by atoms with Crippen molar-refractivity contribution in [2.24, 2.45) is 0 Å². The van der Waals surface area contributed by atoms with Crippen LogP contribution < -0.4 is 10.1 Å². The van der Waals surface area contributed by atoms with Gasteiger partial charge in [0.1, 0.15) is 5.75 Å². The van der Waals surface area contributed by atoms with Gasteiger partial charge in [0, 0.05) is 26.2 Å². The Kier molecular flexibility index (Phi) is 5.54. The average Bonchev–Trinajstić information content (AvgIpc) is 2.57. The molecule has 0 radical (unpaired) electrons. The average molecular weight is 324 g/mol. The highest BCUT2D eigenvalue weighted by molar-refractivity contribution is 5.39. The molecule has 1 atom stereocenters. The molecule has 2 aromatic carbocycles. The lowest BCUT2D eigenvalue weighted by Gasteiger charge is -2.36. The van der Waals surface area contributed by atoms with Crippen molar-refractivity contribution in [2.45, 2.75) is 26.8 Å².